The summed E-state index contributed by atoms with van der Waals surface area (Å²) in [7, 11) is 0. The summed E-state index contributed by atoms with van der Waals surface area (Å²) in [4.78, 5) is 4.14. The third-order valence-electron chi connectivity index (χ3n) is 2.61. The number of para-hydroxylation sites is 1. The molecule has 3 rings (SSSR count). The van der Waals surface area contributed by atoms with Gasteiger partial charge in [-0.1, -0.05) is 18.2 Å². The molecule has 84 valence electrons. The predicted octanol–water partition coefficient (Wildman–Crippen LogP) is 3.27. The summed E-state index contributed by atoms with van der Waals surface area (Å²) in [5, 5.41) is 8.80. The van der Waals surface area contributed by atoms with Crippen molar-refractivity contribution in [3.05, 3.63) is 53.2 Å². The summed E-state index contributed by atoms with van der Waals surface area (Å²) in [6.07, 6.45) is 2.31. The first kappa shape index (κ1) is 11.9. The number of rotatable bonds is 0. The SMILES string of the molecule is I.N#Cc1cnc2c(c1)Cc1ccccc1O2. The van der Waals surface area contributed by atoms with Gasteiger partial charge >= 0.3 is 0 Å². The molecular weight excluding hydrogens is 327 g/mol. The Hall–Kier alpha value is -1.61. The van der Waals surface area contributed by atoms with Crippen LogP contribution in [0.1, 0.15) is 16.7 Å². The zero-order valence-electron chi connectivity index (χ0n) is 8.88. The molecule has 2 aromatic rings. The van der Waals surface area contributed by atoms with Gasteiger partial charge in [0.25, 0.3) is 0 Å². The van der Waals surface area contributed by atoms with Crippen molar-refractivity contribution < 1.29 is 4.74 Å². The van der Waals surface area contributed by atoms with Gasteiger partial charge in [-0.05, 0) is 17.7 Å². The van der Waals surface area contributed by atoms with Crippen molar-refractivity contribution in [1.82, 2.24) is 4.98 Å². The number of hydrogen-bond donors (Lipinski definition) is 0. The minimum Gasteiger partial charge on any atom is -0.438 e. The molecule has 1 aromatic heterocycles. The van der Waals surface area contributed by atoms with Crippen LogP contribution in [0.2, 0.25) is 0 Å². The standard InChI is InChI=1S/C13H8N2O.HI/c14-7-9-5-11-6-10-3-1-2-4-12(10)16-13(11)15-8-9;/h1-5,8H,6H2;1H. The highest BCUT2D eigenvalue weighted by Gasteiger charge is 2.17. The molecule has 4 heteroatoms. The van der Waals surface area contributed by atoms with Crippen LogP contribution >= 0.6 is 24.0 Å². The van der Waals surface area contributed by atoms with E-state index in [9.17, 15) is 0 Å². The highest BCUT2D eigenvalue weighted by molar-refractivity contribution is 14.0. The van der Waals surface area contributed by atoms with Gasteiger partial charge in [-0.3, -0.25) is 0 Å². The summed E-state index contributed by atoms with van der Waals surface area (Å²) in [5.74, 6) is 1.46. The van der Waals surface area contributed by atoms with Crippen LogP contribution in [0.25, 0.3) is 0 Å². The third kappa shape index (κ3) is 2.11. The lowest BCUT2D eigenvalue weighted by Crippen LogP contribution is -2.04. The van der Waals surface area contributed by atoms with E-state index >= 15 is 0 Å². The maximum atomic E-state index is 8.80. The molecule has 0 unspecified atom stereocenters. The number of benzene rings is 1. The van der Waals surface area contributed by atoms with Gasteiger partial charge < -0.3 is 4.74 Å². The molecule has 0 spiro atoms. The number of nitrogens with zero attached hydrogens (tertiary/aromatic N) is 2. The van der Waals surface area contributed by atoms with Crippen molar-refractivity contribution >= 4 is 24.0 Å². The molecule has 0 aliphatic carbocycles. The number of halogens is 1. The van der Waals surface area contributed by atoms with Gasteiger partial charge in [0.1, 0.15) is 11.8 Å². The van der Waals surface area contributed by atoms with E-state index in [-0.39, 0.29) is 24.0 Å². The first-order valence-electron chi connectivity index (χ1n) is 5.01. The van der Waals surface area contributed by atoms with Crippen molar-refractivity contribution in [1.29, 1.82) is 5.26 Å². The summed E-state index contributed by atoms with van der Waals surface area (Å²) >= 11 is 0. The molecule has 0 amide bonds. The zero-order chi connectivity index (χ0) is 11.0. The smallest absolute Gasteiger partial charge is 0.222 e. The molecular formula is C13H9IN2O. The topological polar surface area (TPSA) is 45.9 Å². The van der Waals surface area contributed by atoms with Gasteiger partial charge in [-0.25, -0.2) is 4.98 Å². The fourth-order valence-corrected chi connectivity index (χ4v) is 1.84. The van der Waals surface area contributed by atoms with Crippen molar-refractivity contribution in [3.8, 4) is 17.7 Å². The Morgan fingerprint density at radius 2 is 2.06 bits per heavy atom. The van der Waals surface area contributed by atoms with Crippen molar-refractivity contribution in [3.63, 3.8) is 0 Å². The van der Waals surface area contributed by atoms with Crippen LogP contribution < -0.4 is 4.74 Å². The number of nitriles is 1. The molecule has 2 heterocycles. The fraction of sp³-hybridized carbons (Fsp3) is 0.0769. The number of hydrogen-bond acceptors (Lipinski definition) is 3. The molecule has 0 radical (unpaired) electrons. The second-order valence-corrected chi connectivity index (χ2v) is 3.69. The molecule has 0 N–H and O–H groups in total. The highest BCUT2D eigenvalue weighted by Crippen LogP contribution is 2.34. The highest BCUT2D eigenvalue weighted by atomic mass is 127. The van der Waals surface area contributed by atoms with Gasteiger partial charge in [0, 0.05) is 18.2 Å². The molecule has 0 bridgehead atoms. The van der Waals surface area contributed by atoms with Crippen molar-refractivity contribution in [2.75, 3.05) is 0 Å². The maximum absolute atomic E-state index is 8.80. The van der Waals surface area contributed by atoms with E-state index in [0.29, 0.717) is 11.4 Å². The minimum absolute atomic E-state index is 0. The Balaban J connectivity index is 0.00000108. The molecule has 17 heavy (non-hydrogen) atoms. The third-order valence-corrected chi connectivity index (χ3v) is 2.61. The summed E-state index contributed by atoms with van der Waals surface area (Å²) in [6.45, 7) is 0. The minimum atomic E-state index is 0. The Morgan fingerprint density at radius 1 is 1.24 bits per heavy atom. The van der Waals surface area contributed by atoms with Crippen LogP contribution in [-0.4, -0.2) is 4.98 Å². The lowest BCUT2D eigenvalue weighted by Gasteiger charge is -2.18. The monoisotopic (exact) mass is 336 g/mol. The largest absolute Gasteiger partial charge is 0.438 e. The molecule has 1 aliphatic rings. The van der Waals surface area contributed by atoms with Gasteiger partial charge in [0.05, 0.1) is 5.56 Å². The number of fused-ring (bicyclic) bond motifs is 2. The summed E-state index contributed by atoms with van der Waals surface area (Å²) in [6, 6.07) is 11.8. The molecule has 3 nitrogen and oxygen atoms in total. The number of pyridine rings is 1. The average Bonchev–Trinajstić information content (AvgIpc) is 2.35. The molecule has 0 atom stereocenters. The van der Waals surface area contributed by atoms with Gasteiger partial charge in [-0.2, -0.15) is 5.26 Å². The van der Waals surface area contributed by atoms with Crippen molar-refractivity contribution in [2.45, 2.75) is 6.42 Å². The van der Waals surface area contributed by atoms with Crippen LogP contribution in [0.4, 0.5) is 0 Å². The quantitative estimate of drug-likeness (QED) is 0.592. The normalized spacial score (nSPS) is 11.2. The van der Waals surface area contributed by atoms with Crippen molar-refractivity contribution in [2.24, 2.45) is 0 Å². The first-order valence-corrected chi connectivity index (χ1v) is 5.01. The van der Waals surface area contributed by atoms with E-state index in [1.165, 1.54) is 6.20 Å². The van der Waals surface area contributed by atoms with Crippen LogP contribution in [0, 0.1) is 11.3 Å². The van der Waals surface area contributed by atoms with Crippen LogP contribution in [-0.2, 0) is 6.42 Å². The molecule has 0 saturated heterocycles. The second kappa shape index (κ2) is 4.72. The average molecular weight is 336 g/mol. The van der Waals surface area contributed by atoms with Crippen LogP contribution in [0.5, 0.6) is 11.6 Å². The molecule has 0 fully saturated rings. The van der Waals surface area contributed by atoms with Crippen LogP contribution in [0.3, 0.4) is 0 Å². The van der Waals surface area contributed by atoms with Crippen LogP contribution in [0.15, 0.2) is 36.5 Å². The Kier molecular flexibility index (Phi) is 3.29. The van der Waals surface area contributed by atoms with Gasteiger partial charge in [-0.15, -0.1) is 24.0 Å². The number of aromatic nitrogens is 1. The van der Waals surface area contributed by atoms with Gasteiger partial charge in [0.2, 0.25) is 5.88 Å². The van der Waals surface area contributed by atoms with E-state index in [1.54, 1.807) is 0 Å². The van der Waals surface area contributed by atoms with E-state index in [0.717, 1.165) is 23.3 Å². The zero-order valence-corrected chi connectivity index (χ0v) is 11.2. The van der Waals surface area contributed by atoms with E-state index in [2.05, 4.69) is 11.1 Å². The second-order valence-electron chi connectivity index (χ2n) is 3.69. The van der Waals surface area contributed by atoms with E-state index < -0.39 is 0 Å². The first-order chi connectivity index (χ1) is 7.86. The maximum Gasteiger partial charge on any atom is 0.222 e. The van der Waals surface area contributed by atoms with E-state index in [1.807, 2.05) is 30.3 Å². The van der Waals surface area contributed by atoms with Gasteiger partial charge in [0.15, 0.2) is 0 Å². The lowest BCUT2D eigenvalue weighted by molar-refractivity contribution is 0.440. The summed E-state index contributed by atoms with van der Waals surface area (Å²) < 4.78 is 5.66. The Morgan fingerprint density at radius 3 is 2.88 bits per heavy atom. The Labute approximate surface area is 116 Å². The molecule has 0 saturated carbocycles. The molecule has 1 aromatic carbocycles. The Bertz CT molecular complexity index is 605. The fourth-order valence-electron chi connectivity index (χ4n) is 1.84. The number of ether oxygens (including phenoxy) is 1. The van der Waals surface area contributed by atoms with E-state index in [4.69, 9.17) is 10.00 Å². The predicted molar refractivity (Wildman–Crippen MR) is 73.7 cm³/mol. The summed E-state index contributed by atoms with van der Waals surface area (Å²) in [5.41, 5.74) is 2.67. The molecule has 1 aliphatic heterocycles. The lowest BCUT2D eigenvalue weighted by atomic mass is 10.0.